The van der Waals surface area contributed by atoms with Gasteiger partial charge >= 0.3 is 533 Å². The number of allylic oxidation sites excluding steroid dienone is 2. The third-order valence-corrected chi connectivity index (χ3v) is 32.4. The maximum absolute atomic E-state index is 13.5. The van der Waals surface area contributed by atoms with Crippen molar-refractivity contribution >= 4 is 94.7 Å². The van der Waals surface area contributed by atoms with E-state index in [0.29, 0.717) is 23.7 Å². The molecule has 4 unspecified atom stereocenters. The van der Waals surface area contributed by atoms with Gasteiger partial charge < -0.3 is 0 Å². The molecule has 4 atom stereocenters. The van der Waals surface area contributed by atoms with Gasteiger partial charge in [0.2, 0.25) is 0 Å². The standard InChI is InChI=1S/C94H144O2S2Se2/c1-11-21-31-37-39-45-55-77-63-81-89(97-85(69-95)91(81)99-77)75-57-59-79-83(61-75)93(65-71(47-27-17-7)51-41-33-23-13-3,66-72(48-28-18-8)52-42-34-24-14-4)88-80-60-58-76(90-82-64-78(56-46-40-38-32-22-12-2)100-92(82)86(70-96)98-90)62-84(80)94(87(79)88,67-73(49-29-19-9)53-43-35-25-15-5)68-74(50-30-20-10)54-44-36-26-16-6/h57-64,69-74H,11-56,65-68H2,1-10H3. The molecule has 556 valence electrons. The number of carbonyl (C=O) groups is 2. The van der Waals surface area contributed by atoms with Crippen LogP contribution in [0.15, 0.2) is 48.5 Å². The van der Waals surface area contributed by atoms with Gasteiger partial charge in [0.1, 0.15) is 0 Å². The second kappa shape index (κ2) is 45.2. The summed E-state index contributed by atoms with van der Waals surface area (Å²) in [7, 11) is 0. The van der Waals surface area contributed by atoms with Crippen LogP contribution in [0.4, 0.5) is 0 Å². The monoisotopic (exact) mass is 1530 g/mol. The summed E-state index contributed by atoms with van der Waals surface area (Å²) in [4.78, 5) is 31.7. The average Bonchev–Trinajstić information content (AvgIpc) is 1.50. The van der Waals surface area contributed by atoms with Crippen LogP contribution in [0.5, 0.6) is 0 Å². The Labute approximate surface area is 634 Å². The Morgan fingerprint density at radius 2 is 0.600 bits per heavy atom. The fourth-order valence-electron chi connectivity index (χ4n) is 18.9. The molecule has 0 amide bonds. The Balaban J connectivity index is 1.48. The number of hydrogen-bond donors (Lipinski definition) is 0. The molecule has 2 aromatic carbocycles. The van der Waals surface area contributed by atoms with Crippen molar-refractivity contribution in [1.29, 1.82) is 0 Å². The predicted octanol–water partition coefficient (Wildman–Crippen LogP) is 31.1. The summed E-state index contributed by atoms with van der Waals surface area (Å²) in [5.41, 5.74) is 12.6. The van der Waals surface area contributed by atoms with Crippen LogP contribution >= 0.6 is 22.7 Å². The van der Waals surface area contributed by atoms with Crippen LogP contribution in [0.3, 0.4) is 0 Å². The van der Waals surface area contributed by atoms with Crippen LogP contribution in [0.1, 0.15) is 428 Å². The first-order valence-electron chi connectivity index (χ1n) is 43.2. The third kappa shape index (κ3) is 22.3. The number of rotatable bonds is 58. The summed E-state index contributed by atoms with van der Waals surface area (Å²) in [6, 6.07) is 21.7. The van der Waals surface area contributed by atoms with Crippen LogP contribution < -0.4 is 0 Å². The van der Waals surface area contributed by atoms with Crippen molar-refractivity contribution in [2.75, 3.05) is 0 Å². The van der Waals surface area contributed by atoms with Crippen molar-refractivity contribution in [3.8, 4) is 20.9 Å². The van der Waals surface area contributed by atoms with Crippen molar-refractivity contribution in [1.82, 2.24) is 0 Å². The summed E-state index contributed by atoms with van der Waals surface area (Å²) >= 11 is 4.06. The van der Waals surface area contributed by atoms with Gasteiger partial charge in [-0.1, -0.05) is 107 Å². The number of fused-ring (bicyclic) bond motifs is 6. The number of thiophene rings is 2. The molecule has 6 aromatic rings. The molecule has 100 heavy (non-hydrogen) atoms. The van der Waals surface area contributed by atoms with E-state index < -0.39 is 0 Å². The maximum atomic E-state index is 13.5. The van der Waals surface area contributed by atoms with Gasteiger partial charge in [-0.2, -0.15) is 0 Å². The van der Waals surface area contributed by atoms with Crippen LogP contribution in [-0.4, -0.2) is 41.6 Å². The van der Waals surface area contributed by atoms with Gasteiger partial charge in [-0.05, 0) is 0 Å². The van der Waals surface area contributed by atoms with Crippen molar-refractivity contribution in [2.45, 2.75) is 401 Å². The summed E-state index contributed by atoms with van der Waals surface area (Å²) in [6.07, 6.45) is 67.5. The molecule has 0 saturated carbocycles. The van der Waals surface area contributed by atoms with Gasteiger partial charge in [0.15, 0.2) is 0 Å². The molecule has 0 fully saturated rings. The van der Waals surface area contributed by atoms with Gasteiger partial charge in [-0.3, -0.25) is 0 Å². The minimum absolute atomic E-state index is 0.173. The number of hydrogen-bond acceptors (Lipinski definition) is 4. The zero-order chi connectivity index (χ0) is 71.0. The molecule has 2 aliphatic rings. The van der Waals surface area contributed by atoms with Gasteiger partial charge in [0.25, 0.3) is 0 Å². The van der Waals surface area contributed by atoms with Crippen LogP contribution in [-0.2, 0) is 23.7 Å². The Kier molecular flexibility index (Phi) is 37.5. The summed E-state index contributed by atoms with van der Waals surface area (Å²) in [5, 5.41) is 2.79. The van der Waals surface area contributed by atoms with Crippen molar-refractivity contribution in [3.05, 3.63) is 89.4 Å². The molecular formula is C94H144O2S2Se2. The van der Waals surface area contributed by atoms with Crippen molar-refractivity contribution in [2.24, 2.45) is 23.7 Å². The van der Waals surface area contributed by atoms with Gasteiger partial charge in [0, 0.05) is 0 Å². The number of benzene rings is 2. The first-order chi connectivity index (χ1) is 49.1. The molecule has 0 bridgehead atoms. The molecule has 4 aromatic heterocycles. The van der Waals surface area contributed by atoms with E-state index in [1.54, 1.807) is 42.3 Å². The van der Waals surface area contributed by atoms with Crippen LogP contribution in [0.25, 0.3) is 51.3 Å². The summed E-state index contributed by atoms with van der Waals surface area (Å²) in [6.45, 7) is 24.1. The quantitative estimate of drug-likeness (QED) is 0.0217. The Morgan fingerprint density at radius 1 is 0.330 bits per heavy atom. The number of aldehydes is 2. The number of aryl methyl sites for hydroxylation is 2. The summed E-state index contributed by atoms with van der Waals surface area (Å²) < 4.78 is 5.94. The first-order valence-corrected chi connectivity index (χ1v) is 48.2. The fraction of sp³-hybridized carbons (Fsp3) is 0.702. The molecule has 0 radical (unpaired) electrons. The number of carbonyl (C=O) groups excluding carboxylic acids is 2. The van der Waals surface area contributed by atoms with Gasteiger partial charge in [0.05, 0.1) is 0 Å². The average molecular weight is 1530 g/mol. The number of unbranched alkanes of at least 4 members (excludes halogenated alkanes) is 26. The molecule has 0 saturated heterocycles. The molecule has 0 spiro atoms. The normalized spacial score (nSPS) is 17.1. The van der Waals surface area contributed by atoms with E-state index in [4.69, 9.17) is 0 Å². The molecule has 0 aliphatic heterocycles. The van der Waals surface area contributed by atoms with Gasteiger partial charge in [-0.25, -0.2) is 0 Å². The molecule has 0 N–H and O–H groups in total. The Morgan fingerprint density at radius 3 is 0.890 bits per heavy atom. The van der Waals surface area contributed by atoms with E-state index >= 15 is 0 Å². The second-order valence-electron chi connectivity index (χ2n) is 32.5. The van der Waals surface area contributed by atoms with E-state index in [9.17, 15) is 9.59 Å². The first kappa shape index (κ1) is 83.1. The Hall–Kier alpha value is -2.56. The van der Waals surface area contributed by atoms with Crippen molar-refractivity contribution < 1.29 is 9.59 Å². The fourth-order valence-corrected chi connectivity index (χ4v) is 26.8. The Bertz CT molecular complexity index is 3070. The SMILES string of the molecule is CCCCCCCCc1cc2c(-c3ccc4c(c3)C(CC(CCCC)CCCCCC)(CC(CCCC)CCCCCC)C3=C4C(CC(CCCC)CCCCCC)(CC(CCCC)CCCCCC)c4cc(-c5sc(C=O)c6[se]c(CCCCCCCC)cc56)ccc43)sc(C=O)c2[se]1. The van der Waals surface area contributed by atoms with Crippen molar-refractivity contribution in [3.63, 3.8) is 0 Å². The van der Waals surface area contributed by atoms with E-state index in [0.717, 1.165) is 9.75 Å². The van der Waals surface area contributed by atoms with E-state index in [2.05, 4.69) is 118 Å². The second-order valence-corrected chi connectivity index (χ2v) is 39.3. The third-order valence-electron chi connectivity index (χ3n) is 24.3. The topological polar surface area (TPSA) is 34.1 Å². The molecule has 2 aliphatic carbocycles. The summed E-state index contributed by atoms with van der Waals surface area (Å²) in [5.74, 6) is 2.53. The van der Waals surface area contributed by atoms with E-state index in [1.165, 1.54) is 374 Å². The zero-order valence-electron chi connectivity index (χ0n) is 65.9. The molecule has 4 heterocycles. The zero-order valence-corrected chi connectivity index (χ0v) is 70.9. The van der Waals surface area contributed by atoms with E-state index in [1.807, 2.05) is 22.7 Å². The predicted molar refractivity (Wildman–Crippen MR) is 449 cm³/mol. The molecule has 2 nitrogen and oxygen atoms in total. The van der Waals surface area contributed by atoms with Crippen LogP contribution in [0, 0.1) is 23.7 Å². The van der Waals surface area contributed by atoms with Crippen LogP contribution in [0.2, 0.25) is 0 Å². The van der Waals surface area contributed by atoms with Gasteiger partial charge in [-0.15, -0.1) is 0 Å². The molecule has 8 rings (SSSR count). The van der Waals surface area contributed by atoms with E-state index in [-0.39, 0.29) is 39.8 Å². The minimum atomic E-state index is -0.173. The molecule has 6 heteroatoms. The molecular weight excluding hydrogens is 1380 g/mol.